The van der Waals surface area contributed by atoms with Crippen molar-refractivity contribution in [3.05, 3.63) is 0 Å². The molecule has 0 aromatic heterocycles. The molecule has 0 atom stereocenters. The average molecular weight is 203 g/mol. The van der Waals surface area contributed by atoms with Gasteiger partial charge in [-0.25, -0.2) is 4.79 Å². The standard InChI is InChI=1S/C4H12N.C2H2Cl2O2/c1-5(2,3)4;3-1-2(5)6-4/h1-4H3;1H2/q+1;. The van der Waals surface area contributed by atoms with Gasteiger partial charge in [0, 0.05) is 0 Å². The second-order valence-electron chi connectivity index (χ2n) is 3.27. The largest absolute Gasteiger partial charge is 0.346 e. The van der Waals surface area contributed by atoms with Gasteiger partial charge in [-0.2, -0.15) is 0 Å². The van der Waals surface area contributed by atoms with E-state index in [0.29, 0.717) is 0 Å². The second-order valence-corrected chi connectivity index (χ2v) is 3.69. The monoisotopic (exact) mass is 202 g/mol. The molecule has 0 saturated carbocycles. The van der Waals surface area contributed by atoms with Gasteiger partial charge in [-0.05, 0) is 0 Å². The molecule has 0 heterocycles. The molecular formula is C6H14Cl2NO2+. The predicted molar refractivity (Wildman–Crippen MR) is 46.6 cm³/mol. The summed E-state index contributed by atoms with van der Waals surface area (Å²) in [5, 5.41) is 0. The second kappa shape index (κ2) is 6.70. The third-order valence-corrected chi connectivity index (χ3v) is 0.585. The summed E-state index contributed by atoms with van der Waals surface area (Å²) < 4.78 is 4.60. The molecule has 0 aromatic carbocycles. The van der Waals surface area contributed by atoms with E-state index < -0.39 is 5.97 Å². The molecule has 0 N–H and O–H groups in total. The van der Waals surface area contributed by atoms with Crippen molar-refractivity contribution in [2.45, 2.75) is 0 Å². The van der Waals surface area contributed by atoms with Crippen LogP contribution in [0.3, 0.4) is 0 Å². The first kappa shape index (κ1) is 13.6. The van der Waals surface area contributed by atoms with Crippen molar-refractivity contribution in [3.8, 4) is 0 Å². The Kier molecular flexibility index (Phi) is 8.28. The first-order valence-corrected chi connectivity index (χ1v) is 3.82. The summed E-state index contributed by atoms with van der Waals surface area (Å²) in [5.41, 5.74) is 0. The van der Waals surface area contributed by atoms with Crippen LogP contribution in [0.5, 0.6) is 0 Å². The molecule has 0 saturated heterocycles. The summed E-state index contributed by atoms with van der Waals surface area (Å²) in [6.07, 6.45) is 0. The SMILES string of the molecule is C[N+](C)(C)C.O=C(CCl)OCl. The molecule has 0 amide bonds. The molecular weight excluding hydrogens is 189 g/mol. The number of quaternary nitrogens is 1. The van der Waals surface area contributed by atoms with E-state index in [0.717, 1.165) is 4.48 Å². The summed E-state index contributed by atoms with van der Waals surface area (Å²) in [4.78, 5) is 9.69. The number of carbonyl (C=O) groups excluding carboxylic acids is 1. The minimum Gasteiger partial charge on any atom is -0.346 e. The van der Waals surface area contributed by atoms with Crippen molar-refractivity contribution in [1.29, 1.82) is 0 Å². The third-order valence-electron chi connectivity index (χ3n) is 0.195. The van der Waals surface area contributed by atoms with Gasteiger partial charge < -0.3 is 8.77 Å². The Bertz CT molecular complexity index is 99.6. The number of carbonyl (C=O) groups is 1. The van der Waals surface area contributed by atoms with Gasteiger partial charge >= 0.3 is 5.97 Å². The van der Waals surface area contributed by atoms with Crippen LogP contribution in [-0.4, -0.2) is 44.5 Å². The summed E-state index contributed by atoms with van der Waals surface area (Å²) in [6.45, 7) is 0. The molecule has 3 nitrogen and oxygen atoms in total. The van der Waals surface area contributed by atoms with E-state index in [1.807, 2.05) is 0 Å². The topological polar surface area (TPSA) is 26.3 Å². The van der Waals surface area contributed by atoms with E-state index in [2.05, 4.69) is 44.3 Å². The summed E-state index contributed by atoms with van der Waals surface area (Å²) in [7, 11) is 8.50. The van der Waals surface area contributed by atoms with E-state index in [1.54, 1.807) is 0 Å². The number of halogens is 2. The Morgan fingerprint density at radius 1 is 1.36 bits per heavy atom. The number of hydrogen-bond donors (Lipinski definition) is 0. The van der Waals surface area contributed by atoms with Crippen molar-refractivity contribution < 1.29 is 13.6 Å². The maximum Gasteiger partial charge on any atom is 0.339 e. The minimum atomic E-state index is -0.627. The van der Waals surface area contributed by atoms with Gasteiger partial charge in [-0.15, -0.1) is 11.6 Å². The highest BCUT2D eigenvalue weighted by Crippen LogP contribution is 1.83. The van der Waals surface area contributed by atoms with Crippen molar-refractivity contribution in [2.24, 2.45) is 0 Å². The Morgan fingerprint density at radius 2 is 1.64 bits per heavy atom. The molecule has 68 valence electrons. The van der Waals surface area contributed by atoms with Gasteiger partial charge in [0.15, 0.2) is 0 Å². The highest BCUT2D eigenvalue weighted by molar-refractivity contribution is 6.28. The van der Waals surface area contributed by atoms with Crippen molar-refractivity contribution >= 4 is 29.4 Å². The van der Waals surface area contributed by atoms with Crippen LogP contribution in [0.25, 0.3) is 0 Å². The van der Waals surface area contributed by atoms with Gasteiger partial charge in [0.05, 0.1) is 28.2 Å². The molecule has 0 rings (SSSR count). The third kappa shape index (κ3) is 39.9. The van der Waals surface area contributed by atoms with Crippen LogP contribution in [0.4, 0.5) is 0 Å². The van der Waals surface area contributed by atoms with Crippen LogP contribution in [0.2, 0.25) is 0 Å². The van der Waals surface area contributed by atoms with Crippen molar-refractivity contribution in [2.75, 3.05) is 34.1 Å². The Labute approximate surface area is 77.6 Å². The molecule has 0 aliphatic rings. The van der Waals surface area contributed by atoms with E-state index in [4.69, 9.17) is 11.6 Å². The van der Waals surface area contributed by atoms with E-state index in [-0.39, 0.29) is 5.88 Å². The van der Waals surface area contributed by atoms with E-state index in [9.17, 15) is 4.79 Å². The van der Waals surface area contributed by atoms with Crippen LogP contribution in [-0.2, 0) is 9.08 Å². The number of hydrogen-bond acceptors (Lipinski definition) is 2. The first-order chi connectivity index (χ1) is 4.81. The van der Waals surface area contributed by atoms with Crippen molar-refractivity contribution in [3.63, 3.8) is 0 Å². The number of alkyl halides is 1. The van der Waals surface area contributed by atoms with Crippen LogP contribution in [0, 0.1) is 0 Å². The van der Waals surface area contributed by atoms with Gasteiger partial charge in [-0.1, -0.05) is 0 Å². The lowest BCUT2D eigenvalue weighted by atomic mass is 10.8. The highest BCUT2D eigenvalue weighted by Gasteiger charge is 1.92. The minimum absolute atomic E-state index is 0.191. The average Bonchev–Trinajstić information content (AvgIpc) is 1.83. The lowest BCUT2D eigenvalue weighted by Gasteiger charge is -2.14. The fraction of sp³-hybridized carbons (Fsp3) is 0.833. The molecule has 0 aromatic rings. The van der Waals surface area contributed by atoms with E-state index >= 15 is 0 Å². The van der Waals surface area contributed by atoms with E-state index in [1.165, 1.54) is 0 Å². The zero-order valence-corrected chi connectivity index (χ0v) is 8.74. The summed E-state index contributed by atoms with van der Waals surface area (Å²) >= 11 is 9.41. The zero-order chi connectivity index (χ0) is 9.49. The fourth-order valence-corrected chi connectivity index (χ4v) is 0.186. The molecule has 0 aliphatic heterocycles. The summed E-state index contributed by atoms with van der Waals surface area (Å²) in [6, 6.07) is 0. The van der Waals surface area contributed by atoms with Gasteiger partial charge in [0.25, 0.3) is 0 Å². The first-order valence-electron chi connectivity index (χ1n) is 2.97. The van der Waals surface area contributed by atoms with Crippen LogP contribution >= 0.6 is 23.5 Å². The predicted octanol–water partition coefficient (Wildman–Crippen LogP) is 1.24. The van der Waals surface area contributed by atoms with Gasteiger partial charge in [0.1, 0.15) is 17.7 Å². The zero-order valence-electron chi connectivity index (χ0n) is 7.23. The maximum absolute atomic E-state index is 9.69. The quantitative estimate of drug-likeness (QED) is 0.473. The normalized spacial score (nSPS) is 9.64. The van der Waals surface area contributed by atoms with Gasteiger partial charge in [-0.3, -0.25) is 0 Å². The molecule has 5 heteroatoms. The molecule has 11 heavy (non-hydrogen) atoms. The van der Waals surface area contributed by atoms with Crippen LogP contribution < -0.4 is 0 Å². The summed E-state index contributed by atoms with van der Waals surface area (Å²) in [5.74, 6) is -0.818. The smallest absolute Gasteiger partial charge is 0.339 e. The Hall–Kier alpha value is 0.01000. The molecule has 0 bridgehead atoms. The molecule has 0 radical (unpaired) electrons. The molecule has 0 aliphatic carbocycles. The fourth-order valence-electron chi connectivity index (χ4n) is 0.0206. The van der Waals surface area contributed by atoms with Crippen molar-refractivity contribution in [1.82, 2.24) is 0 Å². The molecule has 0 fully saturated rings. The maximum atomic E-state index is 9.69. The molecule has 0 spiro atoms. The van der Waals surface area contributed by atoms with Gasteiger partial charge in [0.2, 0.25) is 0 Å². The van der Waals surface area contributed by atoms with Crippen LogP contribution in [0.1, 0.15) is 0 Å². The highest BCUT2D eigenvalue weighted by atomic mass is 35.5. The molecule has 0 unspecified atom stereocenters. The Balaban J connectivity index is 0. The lowest BCUT2D eigenvalue weighted by Crippen LogP contribution is -2.27. The van der Waals surface area contributed by atoms with Crippen LogP contribution in [0.15, 0.2) is 0 Å². The number of rotatable bonds is 1. The lowest BCUT2D eigenvalue weighted by molar-refractivity contribution is -0.849. The Morgan fingerprint density at radius 3 is 1.64 bits per heavy atom. The number of nitrogens with zero attached hydrogens (tertiary/aromatic N) is 1.